The normalized spacial score (nSPS) is 11.9. The number of hydrogen-bond donors (Lipinski definition) is 1. The Morgan fingerprint density at radius 2 is 1.81 bits per heavy atom. The zero-order valence-corrected chi connectivity index (χ0v) is 18.8. The van der Waals surface area contributed by atoms with E-state index in [0.29, 0.717) is 0 Å². The second-order valence-corrected chi connectivity index (χ2v) is 7.84. The van der Waals surface area contributed by atoms with Crippen LogP contribution in [0.5, 0.6) is 0 Å². The average molecular weight is 421 g/mol. The molecule has 4 nitrogen and oxygen atoms in total. The van der Waals surface area contributed by atoms with Crippen molar-refractivity contribution < 1.29 is 0 Å². The van der Waals surface area contributed by atoms with Gasteiger partial charge in [-0.1, -0.05) is 91.0 Å². The van der Waals surface area contributed by atoms with Crippen LogP contribution in [0.2, 0.25) is 0 Å². The molecule has 32 heavy (non-hydrogen) atoms. The van der Waals surface area contributed by atoms with E-state index in [1.807, 2.05) is 54.1 Å². The first-order valence-corrected chi connectivity index (χ1v) is 10.8. The van der Waals surface area contributed by atoms with E-state index in [1.54, 1.807) is 0 Å². The van der Waals surface area contributed by atoms with E-state index in [-0.39, 0.29) is 0 Å². The minimum atomic E-state index is 0.727. The molecule has 0 aliphatic carbocycles. The molecule has 0 fully saturated rings. The number of hydrogen-bond acceptors (Lipinski definition) is 2. The van der Waals surface area contributed by atoms with Crippen LogP contribution < -0.4 is 0 Å². The third kappa shape index (κ3) is 4.54. The highest BCUT2D eigenvalue weighted by Gasteiger charge is 2.17. The Balaban J connectivity index is 1.76. The fourth-order valence-electron chi connectivity index (χ4n) is 3.61. The van der Waals surface area contributed by atoms with Crippen molar-refractivity contribution in [3.8, 4) is 22.8 Å². The van der Waals surface area contributed by atoms with E-state index in [4.69, 9.17) is 10.1 Å². The van der Waals surface area contributed by atoms with Crippen LogP contribution in [0, 0.1) is 13.8 Å². The SMILES string of the molecule is C=C/C(=C\C=C/C)c1[nH]c(-c2cc(C)n(Cc3ccc(C)cc3)n2)nc1-c1ccccc1. The number of benzene rings is 2. The number of aromatic amines is 1. The molecule has 0 bridgehead atoms. The Labute approximate surface area is 189 Å². The second kappa shape index (κ2) is 9.48. The number of allylic oxidation sites excluding steroid dienone is 5. The molecule has 2 heterocycles. The van der Waals surface area contributed by atoms with Crippen LogP contribution in [0.15, 0.2) is 91.5 Å². The van der Waals surface area contributed by atoms with Crippen molar-refractivity contribution in [3.63, 3.8) is 0 Å². The maximum Gasteiger partial charge on any atom is 0.159 e. The maximum absolute atomic E-state index is 4.96. The van der Waals surface area contributed by atoms with Crippen molar-refractivity contribution in [2.24, 2.45) is 0 Å². The van der Waals surface area contributed by atoms with Crippen molar-refractivity contribution in [3.05, 3.63) is 114 Å². The number of nitrogens with one attached hydrogen (secondary N) is 1. The molecule has 0 aliphatic heterocycles. The largest absolute Gasteiger partial charge is 0.336 e. The van der Waals surface area contributed by atoms with Crippen LogP contribution in [0.25, 0.3) is 28.3 Å². The standard InChI is InChI=1S/C28H28N4/c1-5-7-11-23(6-2)26-27(24-12-9-8-10-13-24)30-28(29-26)25-18-21(4)32(31-25)19-22-16-14-20(3)15-17-22/h5-18H,2,19H2,1,3-4H3,(H,29,30)/b7-5-,23-11+. The minimum absolute atomic E-state index is 0.727. The van der Waals surface area contributed by atoms with Gasteiger partial charge in [-0.05, 0) is 38.0 Å². The molecule has 0 saturated carbocycles. The van der Waals surface area contributed by atoms with Gasteiger partial charge in [0, 0.05) is 11.3 Å². The fourth-order valence-corrected chi connectivity index (χ4v) is 3.61. The summed E-state index contributed by atoms with van der Waals surface area (Å²) in [5.74, 6) is 0.748. The molecule has 0 saturated heterocycles. The minimum Gasteiger partial charge on any atom is -0.336 e. The third-order valence-corrected chi connectivity index (χ3v) is 5.40. The molecule has 0 radical (unpaired) electrons. The molecule has 4 aromatic rings. The number of H-pyrrole nitrogens is 1. The Morgan fingerprint density at radius 1 is 1.06 bits per heavy atom. The van der Waals surface area contributed by atoms with E-state index >= 15 is 0 Å². The van der Waals surface area contributed by atoms with Gasteiger partial charge < -0.3 is 4.98 Å². The molecule has 0 amide bonds. The van der Waals surface area contributed by atoms with Crippen LogP contribution in [0.4, 0.5) is 0 Å². The highest BCUT2D eigenvalue weighted by Crippen LogP contribution is 2.31. The van der Waals surface area contributed by atoms with Crippen LogP contribution in [0.1, 0.15) is 29.4 Å². The van der Waals surface area contributed by atoms with Crippen LogP contribution >= 0.6 is 0 Å². The van der Waals surface area contributed by atoms with Crippen molar-refractivity contribution in [2.75, 3.05) is 0 Å². The van der Waals surface area contributed by atoms with Crippen LogP contribution in [-0.2, 0) is 6.54 Å². The second-order valence-electron chi connectivity index (χ2n) is 7.84. The fraction of sp³-hybridized carbons (Fsp3) is 0.143. The average Bonchev–Trinajstić information content (AvgIpc) is 3.41. The van der Waals surface area contributed by atoms with E-state index in [0.717, 1.165) is 46.3 Å². The summed E-state index contributed by atoms with van der Waals surface area (Å²) >= 11 is 0. The van der Waals surface area contributed by atoms with E-state index in [1.165, 1.54) is 11.1 Å². The van der Waals surface area contributed by atoms with Gasteiger partial charge in [-0.15, -0.1) is 0 Å². The van der Waals surface area contributed by atoms with Crippen molar-refractivity contribution in [1.29, 1.82) is 0 Å². The van der Waals surface area contributed by atoms with Gasteiger partial charge in [0.1, 0.15) is 5.69 Å². The van der Waals surface area contributed by atoms with Gasteiger partial charge in [-0.3, -0.25) is 4.68 Å². The van der Waals surface area contributed by atoms with Gasteiger partial charge in [0.15, 0.2) is 5.82 Å². The lowest BCUT2D eigenvalue weighted by Crippen LogP contribution is -2.03. The zero-order chi connectivity index (χ0) is 22.5. The number of imidazole rings is 1. The Morgan fingerprint density at radius 3 is 2.50 bits per heavy atom. The van der Waals surface area contributed by atoms with Crippen LogP contribution in [-0.4, -0.2) is 19.7 Å². The molecule has 2 aromatic carbocycles. The predicted octanol–water partition coefficient (Wildman–Crippen LogP) is 6.75. The summed E-state index contributed by atoms with van der Waals surface area (Å²) in [4.78, 5) is 8.46. The third-order valence-electron chi connectivity index (χ3n) is 5.40. The van der Waals surface area contributed by atoms with Gasteiger partial charge in [0.05, 0.1) is 17.9 Å². The monoisotopic (exact) mass is 420 g/mol. The molecule has 2 aromatic heterocycles. The van der Waals surface area contributed by atoms with E-state index in [2.05, 4.69) is 67.9 Å². The maximum atomic E-state index is 4.96. The highest BCUT2D eigenvalue weighted by molar-refractivity contribution is 5.83. The lowest BCUT2D eigenvalue weighted by molar-refractivity contribution is 0.666. The topological polar surface area (TPSA) is 46.5 Å². The molecule has 4 heteroatoms. The number of nitrogens with zero attached hydrogens (tertiary/aromatic N) is 3. The zero-order valence-electron chi connectivity index (χ0n) is 18.8. The first kappa shape index (κ1) is 21.3. The Bertz CT molecular complexity index is 1270. The summed E-state index contributed by atoms with van der Waals surface area (Å²) in [5.41, 5.74) is 8.26. The number of aryl methyl sites for hydroxylation is 2. The van der Waals surface area contributed by atoms with Gasteiger partial charge in [-0.25, -0.2) is 4.98 Å². The van der Waals surface area contributed by atoms with E-state index in [9.17, 15) is 0 Å². The molecule has 0 unspecified atom stereocenters. The lowest BCUT2D eigenvalue weighted by Gasteiger charge is -2.04. The summed E-state index contributed by atoms with van der Waals surface area (Å²) in [6, 6.07) is 20.8. The summed E-state index contributed by atoms with van der Waals surface area (Å²) in [7, 11) is 0. The first-order chi connectivity index (χ1) is 15.6. The molecule has 0 spiro atoms. The summed E-state index contributed by atoms with van der Waals surface area (Å²) in [6.07, 6.45) is 7.90. The van der Waals surface area contributed by atoms with Gasteiger partial charge in [-0.2, -0.15) is 5.10 Å². The molecule has 160 valence electrons. The van der Waals surface area contributed by atoms with Gasteiger partial charge in [0.25, 0.3) is 0 Å². The predicted molar refractivity (Wildman–Crippen MR) is 133 cm³/mol. The molecular formula is C28H28N4. The summed E-state index contributed by atoms with van der Waals surface area (Å²) in [5, 5.41) is 4.86. The number of aromatic nitrogens is 4. The summed E-state index contributed by atoms with van der Waals surface area (Å²) < 4.78 is 2.02. The van der Waals surface area contributed by atoms with Crippen LogP contribution in [0.3, 0.4) is 0 Å². The quantitative estimate of drug-likeness (QED) is 0.336. The number of rotatable bonds is 7. The Hall–Kier alpha value is -3.92. The first-order valence-electron chi connectivity index (χ1n) is 10.8. The summed E-state index contributed by atoms with van der Waals surface area (Å²) in [6.45, 7) is 10.9. The molecule has 0 atom stereocenters. The molecule has 4 rings (SSSR count). The van der Waals surface area contributed by atoms with E-state index < -0.39 is 0 Å². The molecular weight excluding hydrogens is 392 g/mol. The Kier molecular flexibility index (Phi) is 6.31. The lowest BCUT2D eigenvalue weighted by atomic mass is 10.0. The molecule has 0 aliphatic rings. The van der Waals surface area contributed by atoms with Crippen molar-refractivity contribution in [2.45, 2.75) is 27.3 Å². The van der Waals surface area contributed by atoms with Gasteiger partial charge in [0.2, 0.25) is 0 Å². The molecule has 1 N–H and O–H groups in total. The smallest absolute Gasteiger partial charge is 0.159 e. The van der Waals surface area contributed by atoms with Crippen molar-refractivity contribution >= 4 is 5.57 Å². The van der Waals surface area contributed by atoms with Crippen molar-refractivity contribution in [1.82, 2.24) is 19.7 Å². The van der Waals surface area contributed by atoms with Gasteiger partial charge >= 0.3 is 0 Å². The highest BCUT2D eigenvalue weighted by atomic mass is 15.3.